The van der Waals surface area contributed by atoms with E-state index in [1.165, 1.54) is 23.1 Å². The molecule has 1 atom stereocenters. The summed E-state index contributed by atoms with van der Waals surface area (Å²) in [7, 11) is 0. The van der Waals surface area contributed by atoms with Crippen LogP contribution in [0.2, 0.25) is 0 Å². The van der Waals surface area contributed by atoms with Crippen LogP contribution in [0.15, 0.2) is 53.7 Å². The van der Waals surface area contributed by atoms with Crippen LogP contribution in [0, 0.1) is 11.3 Å². The molecule has 1 heterocycles. The molecule has 0 radical (unpaired) electrons. The van der Waals surface area contributed by atoms with E-state index in [9.17, 15) is 28.0 Å². The van der Waals surface area contributed by atoms with E-state index in [1.807, 2.05) is 6.07 Å². The second-order valence-electron chi connectivity index (χ2n) is 7.56. The number of allylic oxidation sites excluding steroid dienone is 1. The van der Waals surface area contributed by atoms with E-state index in [2.05, 4.69) is 5.32 Å². The molecule has 1 unspecified atom stereocenters. The van der Waals surface area contributed by atoms with Crippen molar-refractivity contribution in [1.29, 1.82) is 5.26 Å². The number of ketones is 1. The highest BCUT2D eigenvalue weighted by molar-refractivity contribution is 6.30. The van der Waals surface area contributed by atoms with Gasteiger partial charge in [-0.25, -0.2) is 0 Å². The molecule has 9 heteroatoms. The molecule has 1 aliphatic carbocycles. The summed E-state index contributed by atoms with van der Waals surface area (Å²) in [4.78, 5) is 27.4. The van der Waals surface area contributed by atoms with Crippen LogP contribution in [-0.2, 0) is 15.8 Å². The van der Waals surface area contributed by atoms with Crippen LogP contribution >= 0.6 is 11.6 Å². The van der Waals surface area contributed by atoms with Crippen LogP contribution in [0.3, 0.4) is 0 Å². The van der Waals surface area contributed by atoms with Gasteiger partial charge in [-0.15, -0.1) is 11.6 Å². The van der Waals surface area contributed by atoms with Crippen molar-refractivity contribution in [2.75, 3.05) is 16.1 Å². The molecule has 2 aromatic rings. The number of anilines is 2. The molecule has 5 nitrogen and oxygen atoms in total. The number of carbonyl (C=O) groups is 2. The number of alkyl halides is 4. The minimum absolute atomic E-state index is 0.190. The van der Waals surface area contributed by atoms with Crippen LogP contribution in [0.1, 0.15) is 42.0 Å². The van der Waals surface area contributed by atoms with Crippen molar-refractivity contribution in [2.24, 2.45) is 0 Å². The number of Topliss-reactive ketones (excluding diaryl/α,β-unsaturated/α-hetero) is 1. The van der Waals surface area contributed by atoms with Crippen LogP contribution in [0.5, 0.6) is 0 Å². The minimum atomic E-state index is -4.51. The third kappa shape index (κ3) is 3.84. The summed E-state index contributed by atoms with van der Waals surface area (Å²) < 4.78 is 39.3. The maximum atomic E-state index is 13.1. The average Bonchev–Trinajstić information content (AvgIpc) is 2.92. The van der Waals surface area contributed by atoms with Gasteiger partial charge in [0.15, 0.2) is 5.78 Å². The Balaban J connectivity index is 1.97. The molecule has 2 aliphatic rings. The number of rotatable bonds is 2. The molecule has 0 spiro atoms. The van der Waals surface area contributed by atoms with Crippen LogP contribution in [0.4, 0.5) is 24.5 Å². The highest BCUT2D eigenvalue weighted by Crippen LogP contribution is 2.45. The van der Waals surface area contributed by atoms with Crippen LogP contribution < -0.4 is 10.2 Å². The Kier molecular flexibility index (Phi) is 5.70. The van der Waals surface area contributed by atoms with E-state index >= 15 is 0 Å². The minimum Gasteiger partial charge on any atom is -0.357 e. The average molecular weight is 460 g/mol. The van der Waals surface area contributed by atoms with E-state index in [0.717, 1.165) is 12.1 Å². The zero-order valence-corrected chi connectivity index (χ0v) is 17.4. The summed E-state index contributed by atoms with van der Waals surface area (Å²) in [5, 5.41) is 12.5. The Morgan fingerprint density at radius 3 is 2.53 bits per heavy atom. The second-order valence-corrected chi connectivity index (χ2v) is 7.82. The molecule has 32 heavy (non-hydrogen) atoms. The lowest BCUT2D eigenvalue weighted by atomic mass is 9.85. The second kappa shape index (κ2) is 8.32. The zero-order chi connectivity index (χ0) is 23.0. The predicted molar refractivity (Wildman–Crippen MR) is 113 cm³/mol. The number of nitriles is 1. The molecule has 0 saturated heterocycles. The summed E-state index contributed by atoms with van der Waals surface area (Å²) in [6, 6.07) is 10.2. The fraction of sp³-hybridized carbons (Fsp3) is 0.261. The van der Waals surface area contributed by atoms with E-state index in [0.29, 0.717) is 46.6 Å². The number of halogens is 4. The zero-order valence-electron chi connectivity index (χ0n) is 16.7. The largest absolute Gasteiger partial charge is 0.416 e. The van der Waals surface area contributed by atoms with Gasteiger partial charge < -0.3 is 5.32 Å². The molecule has 0 fully saturated rings. The van der Waals surface area contributed by atoms with Crippen molar-refractivity contribution in [3.63, 3.8) is 0 Å². The Bertz CT molecular complexity index is 1170. The topological polar surface area (TPSA) is 73.2 Å². The number of carbonyl (C=O) groups excluding carboxylic acids is 2. The van der Waals surface area contributed by atoms with Crippen LogP contribution in [-0.4, -0.2) is 17.6 Å². The number of hydrogen-bond donors (Lipinski definition) is 1. The van der Waals surface area contributed by atoms with Gasteiger partial charge in [0.2, 0.25) is 5.91 Å². The Morgan fingerprint density at radius 2 is 1.91 bits per heavy atom. The van der Waals surface area contributed by atoms with E-state index in [4.69, 9.17) is 11.6 Å². The molecule has 164 valence electrons. The Morgan fingerprint density at radius 1 is 1.19 bits per heavy atom. The normalized spacial score (nSPS) is 18.3. The number of fused-ring (bicyclic) bond motifs is 1. The summed E-state index contributed by atoms with van der Waals surface area (Å²) in [5.41, 5.74) is 1.65. The molecule has 4 rings (SSSR count). The lowest BCUT2D eigenvalue weighted by Gasteiger charge is -2.33. The molecule has 0 saturated carbocycles. The highest BCUT2D eigenvalue weighted by atomic mass is 35.5. The first kappa shape index (κ1) is 21.9. The van der Waals surface area contributed by atoms with Gasteiger partial charge in [0.05, 0.1) is 34.6 Å². The maximum Gasteiger partial charge on any atom is 0.416 e. The predicted octanol–water partition coefficient (Wildman–Crippen LogP) is 5.32. The highest BCUT2D eigenvalue weighted by Gasteiger charge is 2.40. The number of hydrogen-bond acceptors (Lipinski definition) is 4. The fourth-order valence-corrected chi connectivity index (χ4v) is 4.30. The Hall–Kier alpha value is -3.31. The van der Waals surface area contributed by atoms with E-state index < -0.39 is 29.6 Å². The van der Waals surface area contributed by atoms with Gasteiger partial charge in [-0.3, -0.25) is 14.5 Å². The van der Waals surface area contributed by atoms with Crippen LogP contribution in [0.25, 0.3) is 0 Å². The van der Waals surface area contributed by atoms with Gasteiger partial charge in [-0.1, -0.05) is 12.1 Å². The lowest BCUT2D eigenvalue weighted by Crippen LogP contribution is -2.38. The summed E-state index contributed by atoms with van der Waals surface area (Å²) in [6.07, 6.45) is -3.13. The lowest BCUT2D eigenvalue weighted by molar-refractivity contribution is -0.137. The number of nitrogens with one attached hydrogen (secondary N) is 1. The first-order valence-corrected chi connectivity index (χ1v) is 10.4. The van der Waals surface area contributed by atoms with Gasteiger partial charge in [0.25, 0.3) is 0 Å². The maximum absolute atomic E-state index is 13.1. The smallest absolute Gasteiger partial charge is 0.357 e. The molecular formula is C23H17ClF3N3O2. The third-order valence-corrected chi connectivity index (χ3v) is 5.82. The quantitative estimate of drug-likeness (QED) is 0.617. The SMILES string of the molecule is N#Cc1ccc2c(c1)NC1=C(C(=O)CCC1)C(c1ccc(C(F)(F)F)cc1)N2C(=O)CCl. The van der Waals surface area contributed by atoms with Crippen molar-refractivity contribution >= 4 is 34.7 Å². The molecule has 1 N–H and O–H groups in total. The summed E-state index contributed by atoms with van der Waals surface area (Å²) >= 11 is 5.90. The molecule has 0 aromatic heterocycles. The molecular weight excluding hydrogens is 443 g/mol. The molecule has 0 bridgehead atoms. The van der Waals surface area contributed by atoms with E-state index in [1.54, 1.807) is 12.1 Å². The van der Waals surface area contributed by atoms with Gasteiger partial charge >= 0.3 is 6.18 Å². The molecule has 1 amide bonds. The Labute approximate surface area is 187 Å². The van der Waals surface area contributed by atoms with Crippen molar-refractivity contribution in [3.05, 3.63) is 70.4 Å². The van der Waals surface area contributed by atoms with Crippen molar-refractivity contribution in [3.8, 4) is 6.07 Å². The van der Waals surface area contributed by atoms with Crippen molar-refractivity contribution < 1.29 is 22.8 Å². The fourth-order valence-electron chi connectivity index (χ4n) is 4.17. The molecule has 2 aromatic carbocycles. The summed E-state index contributed by atoms with van der Waals surface area (Å²) in [6.45, 7) is 0. The van der Waals surface area contributed by atoms with Gasteiger partial charge in [-0.05, 0) is 48.7 Å². The monoisotopic (exact) mass is 459 g/mol. The van der Waals surface area contributed by atoms with Gasteiger partial charge in [0.1, 0.15) is 5.88 Å². The first-order valence-electron chi connectivity index (χ1n) is 9.87. The van der Waals surface area contributed by atoms with Gasteiger partial charge in [0, 0.05) is 17.7 Å². The summed E-state index contributed by atoms with van der Waals surface area (Å²) in [5.74, 6) is -1.10. The van der Waals surface area contributed by atoms with Gasteiger partial charge in [-0.2, -0.15) is 18.4 Å². The third-order valence-electron chi connectivity index (χ3n) is 5.60. The van der Waals surface area contributed by atoms with E-state index in [-0.39, 0.29) is 12.2 Å². The first-order chi connectivity index (χ1) is 15.2. The standard InChI is InChI=1S/C23H17ClF3N3O2/c24-11-20(32)30-18-9-4-13(12-28)10-17(18)29-16-2-1-3-19(31)21(16)22(30)14-5-7-15(8-6-14)23(25,26)27/h4-10,22,29H,1-3,11H2. The van der Waals surface area contributed by atoms with Crippen molar-refractivity contribution in [1.82, 2.24) is 0 Å². The van der Waals surface area contributed by atoms with Crippen molar-refractivity contribution in [2.45, 2.75) is 31.5 Å². The number of amides is 1. The molecule has 1 aliphatic heterocycles. The number of nitrogens with zero attached hydrogens (tertiary/aromatic N) is 2. The number of benzene rings is 2.